The Morgan fingerprint density at radius 3 is 3.24 bits per heavy atom. The van der Waals surface area contributed by atoms with Crippen molar-refractivity contribution in [3.05, 3.63) is 18.2 Å². The van der Waals surface area contributed by atoms with E-state index in [0.29, 0.717) is 12.6 Å². The zero-order valence-corrected chi connectivity index (χ0v) is 10.2. The van der Waals surface area contributed by atoms with Gasteiger partial charge in [-0.3, -0.25) is 4.79 Å². The molecule has 1 aromatic heterocycles. The summed E-state index contributed by atoms with van der Waals surface area (Å²) in [5.74, 6) is 1.27. The van der Waals surface area contributed by atoms with Gasteiger partial charge in [0.05, 0.1) is 0 Å². The van der Waals surface area contributed by atoms with E-state index in [9.17, 15) is 4.79 Å². The highest BCUT2D eigenvalue weighted by Gasteiger charge is 2.24. The first-order valence-corrected chi connectivity index (χ1v) is 6.25. The van der Waals surface area contributed by atoms with E-state index in [1.54, 1.807) is 12.4 Å². The quantitative estimate of drug-likeness (QED) is 0.711. The maximum absolute atomic E-state index is 11.9. The molecule has 3 N–H and O–H groups in total. The third kappa shape index (κ3) is 3.56. The van der Waals surface area contributed by atoms with Crippen LogP contribution in [0.15, 0.2) is 12.4 Å². The third-order valence-electron chi connectivity index (χ3n) is 3.21. The minimum atomic E-state index is 0.169. The van der Waals surface area contributed by atoms with E-state index < -0.39 is 0 Å². The Bertz CT molecular complexity index is 349. The van der Waals surface area contributed by atoms with Crippen molar-refractivity contribution in [2.45, 2.75) is 32.2 Å². The molecule has 1 aromatic rings. The summed E-state index contributed by atoms with van der Waals surface area (Å²) in [5.41, 5.74) is 0. The molecule has 1 amide bonds. The van der Waals surface area contributed by atoms with Crippen molar-refractivity contribution in [2.75, 3.05) is 13.1 Å². The highest BCUT2D eigenvalue weighted by atomic mass is 16.1. The van der Waals surface area contributed by atoms with Crippen molar-refractivity contribution in [3.8, 4) is 0 Å². The summed E-state index contributed by atoms with van der Waals surface area (Å²) in [6.45, 7) is 3.73. The largest absolute Gasteiger partial charge is 0.355 e. The fraction of sp³-hybridized carbons (Fsp3) is 0.667. The highest BCUT2D eigenvalue weighted by molar-refractivity contribution is 5.78. The van der Waals surface area contributed by atoms with Crippen LogP contribution in [0.2, 0.25) is 0 Å². The minimum absolute atomic E-state index is 0.169. The summed E-state index contributed by atoms with van der Waals surface area (Å²) in [7, 11) is 0. The molecule has 0 saturated carbocycles. The summed E-state index contributed by atoms with van der Waals surface area (Å²) >= 11 is 0. The van der Waals surface area contributed by atoms with Crippen LogP contribution in [-0.2, 0) is 11.2 Å². The Balaban J connectivity index is 1.70. The van der Waals surface area contributed by atoms with E-state index in [2.05, 4.69) is 27.5 Å². The summed E-state index contributed by atoms with van der Waals surface area (Å²) < 4.78 is 0. The zero-order chi connectivity index (χ0) is 12.1. The number of H-pyrrole nitrogens is 1. The second-order valence-corrected chi connectivity index (χ2v) is 4.65. The van der Waals surface area contributed by atoms with E-state index in [1.807, 2.05) is 0 Å². The van der Waals surface area contributed by atoms with Gasteiger partial charge in [0.1, 0.15) is 5.82 Å². The molecule has 1 fully saturated rings. The lowest BCUT2D eigenvalue weighted by Gasteiger charge is -2.27. The van der Waals surface area contributed by atoms with Gasteiger partial charge in [0.2, 0.25) is 5.91 Å². The lowest BCUT2D eigenvalue weighted by molar-refractivity contribution is -0.126. The summed E-state index contributed by atoms with van der Waals surface area (Å²) in [6, 6.07) is 0.449. The molecule has 17 heavy (non-hydrogen) atoms. The Kier molecular flexibility index (Phi) is 4.14. The molecular weight excluding hydrogens is 216 g/mol. The molecule has 0 radical (unpaired) electrons. The molecule has 1 aliphatic rings. The first kappa shape index (κ1) is 12.1. The predicted molar refractivity (Wildman–Crippen MR) is 65.5 cm³/mol. The Hall–Kier alpha value is -1.36. The van der Waals surface area contributed by atoms with Crippen LogP contribution in [-0.4, -0.2) is 35.0 Å². The molecule has 5 nitrogen and oxygen atoms in total. The topological polar surface area (TPSA) is 69.8 Å². The number of amides is 1. The predicted octanol–water partition coefficient (Wildman–Crippen LogP) is 0.456. The molecule has 94 valence electrons. The van der Waals surface area contributed by atoms with Crippen molar-refractivity contribution in [3.63, 3.8) is 0 Å². The standard InChI is InChI=1S/C12H20N4O/c1-9-8-10(2-4-13-9)12(17)16-5-3-11-14-6-7-15-11/h6-7,9-10,13H,2-5,8H2,1H3,(H,14,15)(H,16,17). The molecule has 1 saturated heterocycles. The first-order valence-electron chi connectivity index (χ1n) is 6.25. The Morgan fingerprint density at radius 2 is 2.53 bits per heavy atom. The first-order chi connectivity index (χ1) is 8.25. The van der Waals surface area contributed by atoms with Crippen molar-refractivity contribution in [1.29, 1.82) is 0 Å². The maximum atomic E-state index is 11.9. The molecule has 5 heteroatoms. The van der Waals surface area contributed by atoms with Crippen molar-refractivity contribution in [2.24, 2.45) is 5.92 Å². The minimum Gasteiger partial charge on any atom is -0.355 e. The molecular formula is C12H20N4O. The fourth-order valence-electron chi connectivity index (χ4n) is 2.25. The average Bonchev–Trinajstić information content (AvgIpc) is 2.82. The van der Waals surface area contributed by atoms with E-state index in [0.717, 1.165) is 31.6 Å². The van der Waals surface area contributed by atoms with Crippen LogP contribution >= 0.6 is 0 Å². The third-order valence-corrected chi connectivity index (χ3v) is 3.21. The molecule has 0 spiro atoms. The molecule has 2 atom stereocenters. The van der Waals surface area contributed by atoms with Gasteiger partial charge in [0, 0.05) is 37.3 Å². The van der Waals surface area contributed by atoms with Crippen LogP contribution in [0, 0.1) is 5.92 Å². The van der Waals surface area contributed by atoms with Gasteiger partial charge in [-0.1, -0.05) is 0 Å². The lowest BCUT2D eigenvalue weighted by Crippen LogP contribution is -2.42. The lowest BCUT2D eigenvalue weighted by atomic mass is 9.92. The van der Waals surface area contributed by atoms with Crippen LogP contribution in [0.1, 0.15) is 25.6 Å². The number of carbonyl (C=O) groups is 1. The van der Waals surface area contributed by atoms with Gasteiger partial charge in [0.15, 0.2) is 0 Å². The molecule has 2 unspecified atom stereocenters. The number of aromatic amines is 1. The van der Waals surface area contributed by atoms with Crippen LogP contribution in [0.25, 0.3) is 0 Å². The molecule has 0 bridgehead atoms. The summed E-state index contributed by atoms with van der Waals surface area (Å²) in [6.07, 6.45) is 6.17. The molecule has 2 rings (SSSR count). The van der Waals surface area contributed by atoms with E-state index in [-0.39, 0.29) is 11.8 Å². The van der Waals surface area contributed by atoms with Crippen LogP contribution in [0.4, 0.5) is 0 Å². The van der Waals surface area contributed by atoms with Gasteiger partial charge in [0.25, 0.3) is 0 Å². The van der Waals surface area contributed by atoms with Crippen molar-refractivity contribution >= 4 is 5.91 Å². The van der Waals surface area contributed by atoms with Gasteiger partial charge >= 0.3 is 0 Å². The second-order valence-electron chi connectivity index (χ2n) is 4.65. The molecule has 0 aromatic carbocycles. The van der Waals surface area contributed by atoms with Gasteiger partial charge < -0.3 is 15.6 Å². The van der Waals surface area contributed by atoms with Gasteiger partial charge in [-0.15, -0.1) is 0 Å². The van der Waals surface area contributed by atoms with Crippen LogP contribution < -0.4 is 10.6 Å². The van der Waals surface area contributed by atoms with Crippen molar-refractivity contribution in [1.82, 2.24) is 20.6 Å². The van der Waals surface area contributed by atoms with E-state index in [4.69, 9.17) is 0 Å². The zero-order valence-electron chi connectivity index (χ0n) is 10.2. The van der Waals surface area contributed by atoms with Crippen molar-refractivity contribution < 1.29 is 4.79 Å². The number of nitrogens with zero attached hydrogens (tertiary/aromatic N) is 1. The SMILES string of the molecule is CC1CC(C(=O)NCCc2ncc[nH]2)CCN1. The highest BCUT2D eigenvalue weighted by Crippen LogP contribution is 2.15. The molecule has 0 aliphatic carbocycles. The number of hydrogen-bond acceptors (Lipinski definition) is 3. The number of piperidine rings is 1. The normalized spacial score (nSPS) is 24.5. The molecule has 2 heterocycles. The van der Waals surface area contributed by atoms with Gasteiger partial charge in [-0.2, -0.15) is 0 Å². The Labute approximate surface area is 101 Å². The summed E-state index contributed by atoms with van der Waals surface area (Å²) in [5, 5.41) is 6.33. The number of carbonyl (C=O) groups excluding carboxylic acids is 1. The number of aromatic nitrogens is 2. The number of nitrogens with one attached hydrogen (secondary N) is 3. The van der Waals surface area contributed by atoms with E-state index in [1.165, 1.54) is 0 Å². The molecule has 1 aliphatic heterocycles. The fourth-order valence-corrected chi connectivity index (χ4v) is 2.25. The monoisotopic (exact) mass is 236 g/mol. The second kappa shape index (κ2) is 5.82. The van der Waals surface area contributed by atoms with Crippen LogP contribution in [0.5, 0.6) is 0 Å². The van der Waals surface area contributed by atoms with Crippen LogP contribution in [0.3, 0.4) is 0 Å². The number of rotatable bonds is 4. The smallest absolute Gasteiger partial charge is 0.223 e. The van der Waals surface area contributed by atoms with Gasteiger partial charge in [-0.25, -0.2) is 4.98 Å². The Morgan fingerprint density at radius 1 is 1.65 bits per heavy atom. The summed E-state index contributed by atoms with van der Waals surface area (Å²) in [4.78, 5) is 19.0. The number of imidazole rings is 1. The van der Waals surface area contributed by atoms with E-state index >= 15 is 0 Å². The maximum Gasteiger partial charge on any atom is 0.223 e. The number of hydrogen-bond donors (Lipinski definition) is 3. The van der Waals surface area contributed by atoms with Gasteiger partial charge in [-0.05, 0) is 26.3 Å². The average molecular weight is 236 g/mol.